The molecule has 1 fully saturated rings. The quantitative estimate of drug-likeness (QED) is 0.479. The van der Waals surface area contributed by atoms with Gasteiger partial charge in [-0.2, -0.15) is 0 Å². The fourth-order valence-electron chi connectivity index (χ4n) is 4.54. The summed E-state index contributed by atoms with van der Waals surface area (Å²) in [5.41, 5.74) is 4.29. The molecule has 0 saturated carbocycles. The van der Waals surface area contributed by atoms with Crippen molar-refractivity contribution >= 4 is 40.7 Å². The molecule has 10 nitrogen and oxygen atoms in total. The van der Waals surface area contributed by atoms with Gasteiger partial charge in [0, 0.05) is 11.9 Å². The Balaban J connectivity index is 1.67. The molecule has 0 spiro atoms. The Morgan fingerprint density at radius 2 is 1.82 bits per heavy atom. The molecule has 3 heterocycles. The minimum Gasteiger partial charge on any atom is -0.451 e. The number of carbonyl (C=O) groups is 4. The molecule has 208 valence electrons. The Morgan fingerprint density at radius 1 is 1.08 bits per heavy atom. The van der Waals surface area contributed by atoms with Gasteiger partial charge in [0.25, 0.3) is 11.8 Å². The van der Waals surface area contributed by atoms with Gasteiger partial charge in [0.05, 0.1) is 23.2 Å². The molecule has 10 heteroatoms. The lowest BCUT2D eigenvalue weighted by Gasteiger charge is -2.35. The van der Waals surface area contributed by atoms with Crippen molar-refractivity contribution in [2.75, 3.05) is 6.54 Å². The lowest BCUT2D eigenvalue weighted by atomic mass is 9.92. The van der Waals surface area contributed by atoms with Crippen LogP contribution in [-0.2, 0) is 30.5 Å². The highest BCUT2D eigenvalue weighted by Gasteiger charge is 2.36. The Hall–Kier alpha value is -3.79. The molecule has 5 bridgehead atoms. The van der Waals surface area contributed by atoms with Crippen LogP contribution in [0.5, 0.6) is 0 Å². The first kappa shape index (κ1) is 28.2. The van der Waals surface area contributed by atoms with E-state index in [0.717, 1.165) is 16.5 Å². The van der Waals surface area contributed by atoms with Crippen molar-refractivity contribution in [2.24, 2.45) is 11.3 Å². The first-order valence-electron chi connectivity index (χ1n) is 13.4. The number of nitrogens with zero attached hydrogens (tertiary/aromatic N) is 2. The van der Waals surface area contributed by atoms with Gasteiger partial charge in [-0.1, -0.05) is 44.2 Å². The van der Waals surface area contributed by atoms with Crippen LogP contribution in [0, 0.1) is 11.3 Å². The molecule has 0 unspecified atom stereocenters. The van der Waals surface area contributed by atoms with E-state index in [4.69, 9.17) is 9.72 Å². The number of amides is 3. The van der Waals surface area contributed by atoms with Crippen molar-refractivity contribution in [1.29, 1.82) is 0 Å². The Bertz CT molecular complexity index is 1300. The van der Waals surface area contributed by atoms with Crippen molar-refractivity contribution < 1.29 is 23.9 Å². The van der Waals surface area contributed by atoms with Crippen molar-refractivity contribution in [3.8, 4) is 0 Å². The summed E-state index contributed by atoms with van der Waals surface area (Å²) in [7, 11) is 0. The van der Waals surface area contributed by atoms with E-state index in [2.05, 4.69) is 16.1 Å². The monoisotopic (exact) mass is 535 g/mol. The molecule has 2 aliphatic rings. The third-order valence-corrected chi connectivity index (χ3v) is 7.03. The number of hydrogen-bond donors (Lipinski definition) is 3. The maximum Gasteiger partial charge on any atom is 0.316 e. The van der Waals surface area contributed by atoms with Crippen LogP contribution in [0.3, 0.4) is 0 Å². The standard InChI is InChI=1S/C29H37N5O5/c1-17(2)24-26(36)31-18(3)27(37)34-14-6-7-22(33-34)25(35)30-16-21-11-10-20-9-8-19(15-23(20)32-21)12-13-29(4,5)28(38)39-24/h8-13,15,17-18,22,24,33H,6-7,14,16H2,1-5H3,(H,30,35)(H,31,36)/t18-,22-,24-/m0/s1. The number of hydrogen-bond acceptors (Lipinski definition) is 7. The first-order chi connectivity index (χ1) is 18.4. The highest BCUT2D eigenvalue weighted by Crippen LogP contribution is 2.25. The first-order valence-corrected chi connectivity index (χ1v) is 13.4. The number of nitrogens with one attached hydrogen (secondary N) is 3. The Kier molecular flexibility index (Phi) is 8.34. The predicted molar refractivity (Wildman–Crippen MR) is 147 cm³/mol. The van der Waals surface area contributed by atoms with E-state index in [1.54, 1.807) is 40.7 Å². The third kappa shape index (κ3) is 6.62. The predicted octanol–water partition coefficient (Wildman–Crippen LogP) is 2.47. The van der Waals surface area contributed by atoms with Crippen molar-refractivity contribution in [2.45, 2.75) is 72.2 Å². The number of hydrazine groups is 1. The van der Waals surface area contributed by atoms with Crippen LogP contribution in [0.15, 0.2) is 36.4 Å². The number of benzene rings is 1. The number of fused-ring (bicyclic) bond motifs is 4. The van der Waals surface area contributed by atoms with E-state index in [1.165, 1.54) is 5.01 Å². The largest absolute Gasteiger partial charge is 0.451 e. The number of esters is 1. The lowest BCUT2D eigenvalue weighted by Crippen LogP contribution is -2.61. The molecule has 3 amide bonds. The van der Waals surface area contributed by atoms with Crippen LogP contribution in [0.2, 0.25) is 0 Å². The highest BCUT2D eigenvalue weighted by atomic mass is 16.5. The van der Waals surface area contributed by atoms with E-state index < -0.39 is 35.5 Å². The smallest absolute Gasteiger partial charge is 0.316 e. The van der Waals surface area contributed by atoms with Crippen molar-refractivity contribution in [3.05, 3.63) is 47.7 Å². The molecule has 1 aromatic carbocycles. The fraction of sp³-hybridized carbons (Fsp3) is 0.483. The molecule has 4 rings (SSSR count). The lowest BCUT2D eigenvalue weighted by molar-refractivity contribution is -0.165. The minimum atomic E-state index is -1.08. The van der Waals surface area contributed by atoms with Gasteiger partial charge in [-0.05, 0) is 57.2 Å². The summed E-state index contributed by atoms with van der Waals surface area (Å²) >= 11 is 0. The summed E-state index contributed by atoms with van der Waals surface area (Å²) in [6.45, 7) is 9.22. The fourth-order valence-corrected chi connectivity index (χ4v) is 4.54. The second kappa shape index (κ2) is 11.5. The molecule has 0 radical (unpaired) electrons. The zero-order chi connectivity index (χ0) is 28.3. The molecule has 2 aliphatic heterocycles. The second-order valence-corrected chi connectivity index (χ2v) is 11.1. The normalized spacial score (nSPS) is 24.9. The molecule has 0 aliphatic carbocycles. The number of cyclic esters (lactones) is 1. The maximum absolute atomic E-state index is 13.2. The van der Waals surface area contributed by atoms with Gasteiger partial charge in [0.15, 0.2) is 6.10 Å². The number of aromatic nitrogens is 1. The summed E-state index contributed by atoms with van der Waals surface area (Å²) in [6.07, 6.45) is 3.68. The average molecular weight is 536 g/mol. The summed E-state index contributed by atoms with van der Waals surface area (Å²) < 4.78 is 5.69. The van der Waals surface area contributed by atoms with Crippen molar-refractivity contribution in [1.82, 2.24) is 26.1 Å². The molecule has 3 atom stereocenters. The summed E-state index contributed by atoms with van der Waals surface area (Å²) in [6, 6.07) is 8.13. The zero-order valence-electron chi connectivity index (χ0n) is 23.1. The van der Waals surface area contributed by atoms with E-state index >= 15 is 0 Å². The summed E-state index contributed by atoms with van der Waals surface area (Å²) in [4.78, 5) is 57.0. The van der Waals surface area contributed by atoms with E-state index in [9.17, 15) is 19.2 Å². The van der Waals surface area contributed by atoms with Gasteiger partial charge in [0.2, 0.25) is 5.91 Å². The molecule has 39 heavy (non-hydrogen) atoms. The molecular formula is C29H37N5O5. The summed E-state index contributed by atoms with van der Waals surface area (Å²) in [5, 5.41) is 7.93. The molecule has 1 saturated heterocycles. The highest BCUT2D eigenvalue weighted by molar-refractivity contribution is 5.91. The number of carbonyl (C=O) groups excluding carboxylic acids is 4. The average Bonchev–Trinajstić information content (AvgIpc) is 2.91. The van der Waals surface area contributed by atoms with Crippen LogP contribution in [0.1, 0.15) is 58.7 Å². The van der Waals surface area contributed by atoms with Gasteiger partial charge >= 0.3 is 5.97 Å². The number of pyridine rings is 1. The Labute approximate surface area is 228 Å². The molecular weight excluding hydrogens is 498 g/mol. The number of rotatable bonds is 1. The van der Waals surface area contributed by atoms with Crippen LogP contribution in [0.25, 0.3) is 17.0 Å². The van der Waals surface area contributed by atoms with Crippen LogP contribution >= 0.6 is 0 Å². The van der Waals surface area contributed by atoms with Crippen molar-refractivity contribution in [3.63, 3.8) is 0 Å². The molecule has 1 aromatic heterocycles. The number of ether oxygens (including phenoxy) is 1. The van der Waals surface area contributed by atoms with Gasteiger partial charge in [0.1, 0.15) is 12.1 Å². The SMILES string of the molecule is CC(C)[C@@H]1OC(=O)C(C)(C)C=Cc2ccc3ccc(nc3c2)CNC(=O)[C@@H]2CCCN(N2)C(=O)[C@H](C)NC1=O. The second-order valence-electron chi connectivity index (χ2n) is 11.1. The van der Waals surface area contributed by atoms with E-state index in [1.807, 2.05) is 36.4 Å². The van der Waals surface area contributed by atoms with Crippen LogP contribution in [-0.4, -0.2) is 58.4 Å². The molecule has 3 N–H and O–H groups in total. The topological polar surface area (TPSA) is 130 Å². The van der Waals surface area contributed by atoms with Crippen LogP contribution in [0.4, 0.5) is 0 Å². The van der Waals surface area contributed by atoms with E-state index in [-0.39, 0.29) is 24.3 Å². The van der Waals surface area contributed by atoms with Gasteiger partial charge in [-0.3, -0.25) is 29.2 Å². The molecule has 2 aromatic rings. The van der Waals surface area contributed by atoms with Gasteiger partial charge < -0.3 is 15.4 Å². The van der Waals surface area contributed by atoms with Gasteiger partial charge in [-0.15, -0.1) is 0 Å². The van der Waals surface area contributed by atoms with Crippen LogP contribution < -0.4 is 16.1 Å². The summed E-state index contributed by atoms with van der Waals surface area (Å²) in [5.74, 6) is -2.03. The minimum absolute atomic E-state index is 0.234. The zero-order valence-corrected chi connectivity index (χ0v) is 23.1. The van der Waals surface area contributed by atoms with Gasteiger partial charge in [-0.25, -0.2) is 5.43 Å². The third-order valence-electron chi connectivity index (χ3n) is 7.03. The Morgan fingerprint density at radius 3 is 2.56 bits per heavy atom. The van der Waals surface area contributed by atoms with E-state index in [0.29, 0.717) is 25.1 Å². The maximum atomic E-state index is 13.2.